The highest BCUT2D eigenvalue weighted by molar-refractivity contribution is 5.87. The lowest BCUT2D eigenvalue weighted by Gasteiger charge is -2.29. The summed E-state index contributed by atoms with van der Waals surface area (Å²) in [6.07, 6.45) is 0.273. The number of carbonyl (C=O) groups excluding carboxylic acids is 4. The van der Waals surface area contributed by atoms with Crippen LogP contribution in [0.4, 0.5) is 0 Å². The van der Waals surface area contributed by atoms with Gasteiger partial charge in [0, 0.05) is 32.4 Å². The summed E-state index contributed by atoms with van der Waals surface area (Å²) in [6.45, 7) is 3.29. The van der Waals surface area contributed by atoms with Gasteiger partial charge >= 0.3 is 23.9 Å². The van der Waals surface area contributed by atoms with Crippen LogP contribution in [0.25, 0.3) is 6.08 Å². The quantitative estimate of drug-likeness (QED) is 0.125. The molecule has 0 spiro atoms. The normalized spacial score (nSPS) is 11.9. The molecule has 47 heavy (non-hydrogen) atoms. The van der Waals surface area contributed by atoms with E-state index in [1.165, 1.54) is 73.5 Å². The number of rotatable bonds is 15. The summed E-state index contributed by atoms with van der Waals surface area (Å²) in [6, 6.07) is 14.4. The second kappa shape index (κ2) is 17.1. The van der Waals surface area contributed by atoms with Gasteiger partial charge < -0.3 is 42.6 Å². The van der Waals surface area contributed by atoms with Crippen molar-refractivity contribution < 1.29 is 61.8 Å². The summed E-state index contributed by atoms with van der Waals surface area (Å²) in [5.74, 6) is -1.20. The fourth-order valence-corrected chi connectivity index (χ4v) is 4.30. The van der Waals surface area contributed by atoms with E-state index < -0.39 is 42.7 Å². The van der Waals surface area contributed by atoms with E-state index in [0.29, 0.717) is 28.4 Å². The van der Waals surface area contributed by atoms with Gasteiger partial charge in [-0.25, -0.2) is 4.79 Å². The first-order valence-electron chi connectivity index (χ1n) is 14.1. The van der Waals surface area contributed by atoms with Crippen LogP contribution in [0.15, 0.2) is 60.7 Å². The number of benzene rings is 3. The molecule has 250 valence electrons. The predicted molar refractivity (Wildman–Crippen MR) is 167 cm³/mol. The topological polar surface area (TPSA) is 151 Å². The molecule has 3 aromatic carbocycles. The first-order valence-corrected chi connectivity index (χ1v) is 14.1. The minimum absolute atomic E-state index is 0.00847. The van der Waals surface area contributed by atoms with Crippen molar-refractivity contribution >= 4 is 30.0 Å². The third kappa shape index (κ3) is 10.1. The van der Waals surface area contributed by atoms with E-state index in [0.717, 1.165) is 0 Å². The maximum Gasteiger partial charge on any atom is 0.330 e. The number of carbonyl (C=O) groups is 4. The molecule has 0 heterocycles. The van der Waals surface area contributed by atoms with Crippen LogP contribution in [-0.4, -0.2) is 65.0 Å². The molecule has 13 heteroatoms. The summed E-state index contributed by atoms with van der Waals surface area (Å²) in [7, 11) is 5.59. The summed E-state index contributed by atoms with van der Waals surface area (Å²) in [5.41, 5.74) is 0.928. The Morgan fingerprint density at radius 1 is 0.681 bits per heavy atom. The minimum Gasteiger partial charge on any atom is -0.493 e. The van der Waals surface area contributed by atoms with Gasteiger partial charge in [0.1, 0.15) is 12.4 Å². The molecule has 2 atom stereocenters. The maximum absolute atomic E-state index is 12.9. The number of para-hydroxylation sites is 1. The lowest BCUT2D eigenvalue weighted by Crippen LogP contribution is -2.34. The average Bonchev–Trinajstić information content (AvgIpc) is 3.04. The van der Waals surface area contributed by atoms with Gasteiger partial charge in [-0.2, -0.15) is 0 Å². The smallest absolute Gasteiger partial charge is 0.330 e. The highest BCUT2D eigenvalue weighted by atomic mass is 16.6. The Kier molecular flexibility index (Phi) is 13.0. The number of esters is 4. The van der Waals surface area contributed by atoms with Crippen LogP contribution in [0.3, 0.4) is 0 Å². The van der Waals surface area contributed by atoms with Crippen molar-refractivity contribution in [3.63, 3.8) is 0 Å². The van der Waals surface area contributed by atoms with Crippen LogP contribution in [-0.2, 0) is 28.7 Å². The fraction of sp³-hybridized carbons (Fsp3) is 0.294. The summed E-state index contributed by atoms with van der Waals surface area (Å²) in [5, 5.41) is 0. The predicted octanol–water partition coefficient (Wildman–Crippen LogP) is 4.88. The monoisotopic (exact) mass is 652 g/mol. The molecule has 0 aliphatic heterocycles. The van der Waals surface area contributed by atoms with E-state index in [1.54, 1.807) is 42.5 Å². The highest BCUT2D eigenvalue weighted by Crippen LogP contribution is 2.43. The molecule has 0 aliphatic carbocycles. The molecule has 3 aromatic rings. The van der Waals surface area contributed by atoms with Crippen LogP contribution >= 0.6 is 0 Å². The number of methoxy groups -OCH3 is 4. The molecule has 0 saturated heterocycles. The van der Waals surface area contributed by atoms with Gasteiger partial charge in [-0.1, -0.05) is 18.2 Å². The van der Waals surface area contributed by atoms with Gasteiger partial charge in [-0.05, 0) is 48.0 Å². The van der Waals surface area contributed by atoms with E-state index in [1.807, 2.05) is 0 Å². The Morgan fingerprint density at radius 2 is 1.23 bits per heavy atom. The zero-order chi connectivity index (χ0) is 34.5. The first kappa shape index (κ1) is 35.8. The third-order valence-corrected chi connectivity index (χ3v) is 6.28. The molecule has 3 rings (SSSR count). The highest BCUT2D eigenvalue weighted by Gasteiger charge is 2.33. The third-order valence-electron chi connectivity index (χ3n) is 6.28. The Bertz CT molecular complexity index is 1550. The average molecular weight is 653 g/mol. The molecular weight excluding hydrogens is 616 g/mol. The minimum atomic E-state index is -1.23. The molecule has 0 fully saturated rings. The second-order valence-corrected chi connectivity index (χ2v) is 9.65. The van der Waals surface area contributed by atoms with Gasteiger partial charge in [0.05, 0.1) is 28.4 Å². The van der Waals surface area contributed by atoms with E-state index in [-0.39, 0.29) is 23.0 Å². The number of ether oxygens (including phenoxy) is 9. The van der Waals surface area contributed by atoms with Gasteiger partial charge in [0.2, 0.25) is 11.5 Å². The van der Waals surface area contributed by atoms with E-state index in [2.05, 4.69) is 0 Å². The molecule has 0 N–H and O–H groups in total. The van der Waals surface area contributed by atoms with Gasteiger partial charge in [-0.15, -0.1) is 0 Å². The van der Waals surface area contributed by atoms with Crippen molar-refractivity contribution in [1.82, 2.24) is 0 Å². The Labute approximate surface area is 271 Å². The molecule has 0 radical (unpaired) electrons. The second-order valence-electron chi connectivity index (χ2n) is 9.65. The van der Waals surface area contributed by atoms with Gasteiger partial charge in [-0.3, -0.25) is 14.4 Å². The number of hydrogen-bond acceptors (Lipinski definition) is 13. The zero-order valence-electron chi connectivity index (χ0n) is 27.0. The molecule has 0 unspecified atom stereocenters. The van der Waals surface area contributed by atoms with Crippen molar-refractivity contribution in [3.8, 4) is 40.2 Å². The Hall–Kier alpha value is -5.72. The maximum atomic E-state index is 12.9. The Morgan fingerprint density at radius 3 is 1.72 bits per heavy atom. The van der Waals surface area contributed by atoms with Crippen LogP contribution in [0.2, 0.25) is 0 Å². The van der Waals surface area contributed by atoms with Crippen molar-refractivity contribution in [3.05, 3.63) is 71.8 Å². The zero-order valence-corrected chi connectivity index (χ0v) is 27.0. The van der Waals surface area contributed by atoms with Gasteiger partial charge in [0.25, 0.3) is 0 Å². The summed E-state index contributed by atoms with van der Waals surface area (Å²) >= 11 is 0. The largest absolute Gasteiger partial charge is 0.493 e. The lowest BCUT2D eigenvalue weighted by atomic mass is 10.0. The molecule has 0 bridgehead atoms. The first-order chi connectivity index (χ1) is 22.5. The van der Waals surface area contributed by atoms with Crippen molar-refractivity contribution in [2.45, 2.75) is 33.0 Å². The number of hydrogen-bond donors (Lipinski definition) is 0. The van der Waals surface area contributed by atoms with Crippen LogP contribution in [0, 0.1) is 0 Å². The molecular formula is C34H36O13. The van der Waals surface area contributed by atoms with Crippen molar-refractivity contribution in [2.24, 2.45) is 0 Å². The summed E-state index contributed by atoms with van der Waals surface area (Å²) in [4.78, 5) is 48.2. The van der Waals surface area contributed by atoms with Crippen LogP contribution in [0.5, 0.6) is 40.2 Å². The lowest BCUT2D eigenvalue weighted by molar-refractivity contribution is -0.156. The molecule has 0 aliphatic rings. The van der Waals surface area contributed by atoms with E-state index in [9.17, 15) is 19.2 Å². The fourth-order valence-electron chi connectivity index (χ4n) is 4.30. The molecule has 0 aromatic heterocycles. The molecule has 0 amide bonds. The molecule has 13 nitrogen and oxygen atoms in total. The van der Waals surface area contributed by atoms with Crippen molar-refractivity contribution in [2.75, 3.05) is 35.0 Å². The van der Waals surface area contributed by atoms with Crippen molar-refractivity contribution in [1.29, 1.82) is 0 Å². The van der Waals surface area contributed by atoms with E-state index in [4.69, 9.17) is 42.6 Å². The SMILES string of the molecule is COc1cc([C@@H](OC(C)=O)[C@@H](COC(=O)/C=C/c2ccc(OC(C)=O)cc2)Oc2c(OC)cccc2OC)cc(OC)c1OC(C)=O. The van der Waals surface area contributed by atoms with E-state index >= 15 is 0 Å². The van der Waals surface area contributed by atoms with Crippen LogP contribution in [0.1, 0.15) is 38.0 Å². The summed E-state index contributed by atoms with van der Waals surface area (Å²) < 4.78 is 49.8. The molecule has 0 saturated carbocycles. The van der Waals surface area contributed by atoms with Crippen LogP contribution < -0.4 is 33.2 Å². The Balaban J connectivity index is 2.02. The van der Waals surface area contributed by atoms with Gasteiger partial charge in [0.15, 0.2) is 35.2 Å². The standard InChI is InChI=1S/C34H36O13/c1-20(35)44-25-14-11-23(12-15-25)13-16-31(38)43-19-30(47-33-26(39-4)9-8-10-27(33)40-5)32(45-21(2)36)24-17-28(41-6)34(46-22(3)37)29(18-24)42-7/h8-18,30,32H,19H2,1-7H3/b16-13+/t30-,32-/m1/s1.